The number of benzene rings is 2. The Hall–Kier alpha value is -2.00. The van der Waals surface area contributed by atoms with Gasteiger partial charge in [-0.2, -0.15) is 4.72 Å². The summed E-state index contributed by atoms with van der Waals surface area (Å²) >= 11 is 11.7. The quantitative estimate of drug-likeness (QED) is 0.780. The predicted octanol–water partition coefficient (Wildman–Crippen LogP) is 3.03. The van der Waals surface area contributed by atoms with E-state index >= 15 is 0 Å². The minimum atomic E-state index is -4.03. The fourth-order valence-corrected chi connectivity index (χ4v) is 4.22. The monoisotopic (exact) mass is 416 g/mol. The molecular weight excluding hydrogens is 403 g/mol. The number of carbonyl (C=O) groups is 1. The number of hydrogen-bond acceptors (Lipinski definition) is 5. The van der Waals surface area contributed by atoms with Gasteiger partial charge in [-0.05, 0) is 37.3 Å². The van der Waals surface area contributed by atoms with Crippen molar-refractivity contribution in [1.29, 1.82) is 0 Å². The number of ether oxygens (including phenoxy) is 2. The summed E-state index contributed by atoms with van der Waals surface area (Å²) in [6, 6.07) is 7.87. The lowest BCUT2D eigenvalue weighted by Crippen LogP contribution is -2.41. The highest BCUT2D eigenvalue weighted by Gasteiger charge is 2.25. The standard InChI is InChI=1S/C16H14Cl2N2O5S/c1-9(20-26(22,23)15-6-10(17)2-4-12(15)18)16(21)19-11-3-5-13-14(7-11)25-8-24-13/h2-7,9,20H,8H2,1H3,(H,19,21)/t9-/m1/s1. The lowest BCUT2D eigenvalue weighted by molar-refractivity contribution is -0.117. The lowest BCUT2D eigenvalue weighted by Gasteiger charge is -2.15. The Labute approximate surface area is 160 Å². The average Bonchev–Trinajstić information content (AvgIpc) is 3.04. The van der Waals surface area contributed by atoms with Crippen LogP contribution in [0.15, 0.2) is 41.3 Å². The number of fused-ring (bicyclic) bond motifs is 1. The zero-order chi connectivity index (χ0) is 18.9. The summed E-state index contributed by atoms with van der Waals surface area (Å²) in [5, 5.41) is 2.83. The van der Waals surface area contributed by atoms with Crippen molar-refractivity contribution >= 4 is 44.8 Å². The van der Waals surface area contributed by atoms with Gasteiger partial charge in [0, 0.05) is 16.8 Å². The largest absolute Gasteiger partial charge is 0.454 e. The van der Waals surface area contributed by atoms with Crippen molar-refractivity contribution in [2.75, 3.05) is 12.1 Å². The maximum Gasteiger partial charge on any atom is 0.242 e. The van der Waals surface area contributed by atoms with E-state index in [-0.39, 0.29) is 21.7 Å². The van der Waals surface area contributed by atoms with Crippen LogP contribution >= 0.6 is 23.2 Å². The molecule has 7 nitrogen and oxygen atoms in total. The fourth-order valence-electron chi connectivity index (χ4n) is 2.26. The van der Waals surface area contributed by atoms with Gasteiger partial charge in [-0.25, -0.2) is 8.42 Å². The summed E-state index contributed by atoms with van der Waals surface area (Å²) in [4.78, 5) is 12.1. The molecule has 2 aromatic carbocycles. The van der Waals surface area contributed by atoms with E-state index in [4.69, 9.17) is 32.7 Å². The molecule has 1 atom stereocenters. The normalized spacial score (nSPS) is 14.1. The van der Waals surface area contributed by atoms with E-state index in [0.29, 0.717) is 17.2 Å². The molecule has 0 aromatic heterocycles. The van der Waals surface area contributed by atoms with Gasteiger partial charge in [-0.15, -0.1) is 0 Å². The Bertz CT molecular complexity index is 965. The third-order valence-electron chi connectivity index (χ3n) is 3.55. The van der Waals surface area contributed by atoms with Crippen LogP contribution in [0.3, 0.4) is 0 Å². The number of nitrogens with one attached hydrogen (secondary N) is 2. The molecule has 0 unspecified atom stereocenters. The van der Waals surface area contributed by atoms with Crippen LogP contribution < -0.4 is 19.5 Å². The third-order valence-corrected chi connectivity index (χ3v) is 5.81. The van der Waals surface area contributed by atoms with Gasteiger partial charge >= 0.3 is 0 Å². The molecule has 138 valence electrons. The highest BCUT2D eigenvalue weighted by atomic mass is 35.5. The van der Waals surface area contributed by atoms with E-state index < -0.39 is 22.0 Å². The molecule has 1 aliphatic heterocycles. The van der Waals surface area contributed by atoms with Crippen LogP contribution in [-0.4, -0.2) is 27.2 Å². The van der Waals surface area contributed by atoms with Gasteiger partial charge in [0.2, 0.25) is 22.7 Å². The molecule has 2 aromatic rings. The first-order valence-electron chi connectivity index (χ1n) is 7.44. The van der Waals surface area contributed by atoms with E-state index in [9.17, 15) is 13.2 Å². The van der Waals surface area contributed by atoms with Crippen molar-refractivity contribution in [2.45, 2.75) is 17.9 Å². The van der Waals surface area contributed by atoms with Crippen LogP contribution in [0, 0.1) is 0 Å². The Morgan fingerprint density at radius 1 is 1.12 bits per heavy atom. The zero-order valence-electron chi connectivity index (χ0n) is 13.5. The highest BCUT2D eigenvalue weighted by Crippen LogP contribution is 2.34. The average molecular weight is 417 g/mol. The first kappa shape index (κ1) is 18.8. The second-order valence-corrected chi connectivity index (χ2v) is 8.00. The Kier molecular flexibility index (Phi) is 5.29. The molecule has 3 rings (SSSR count). The molecule has 0 aliphatic carbocycles. The van der Waals surface area contributed by atoms with Gasteiger partial charge in [-0.1, -0.05) is 23.2 Å². The van der Waals surface area contributed by atoms with Crippen molar-refractivity contribution in [3.8, 4) is 11.5 Å². The molecule has 0 radical (unpaired) electrons. The van der Waals surface area contributed by atoms with Crippen LogP contribution in [0.2, 0.25) is 10.0 Å². The van der Waals surface area contributed by atoms with E-state index in [1.54, 1.807) is 18.2 Å². The molecule has 1 amide bonds. The van der Waals surface area contributed by atoms with Crippen molar-refractivity contribution in [3.63, 3.8) is 0 Å². The number of halogens is 2. The number of amides is 1. The van der Waals surface area contributed by atoms with Gasteiger partial charge in [0.15, 0.2) is 11.5 Å². The van der Waals surface area contributed by atoms with Gasteiger partial charge in [0.1, 0.15) is 4.90 Å². The molecule has 0 saturated heterocycles. The van der Waals surface area contributed by atoms with Crippen molar-refractivity contribution < 1.29 is 22.7 Å². The second kappa shape index (κ2) is 7.32. The summed E-state index contributed by atoms with van der Waals surface area (Å²) in [5.41, 5.74) is 0.450. The minimum absolute atomic E-state index is 0.00489. The molecular formula is C16H14Cl2N2O5S. The Morgan fingerprint density at radius 2 is 1.85 bits per heavy atom. The molecule has 0 fully saturated rings. The molecule has 2 N–H and O–H groups in total. The summed E-state index contributed by atoms with van der Waals surface area (Å²) in [7, 11) is -4.03. The van der Waals surface area contributed by atoms with Crippen LogP contribution in [0.5, 0.6) is 11.5 Å². The van der Waals surface area contributed by atoms with Gasteiger partial charge in [0.25, 0.3) is 0 Å². The number of sulfonamides is 1. The van der Waals surface area contributed by atoms with Gasteiger partial charge in [0.05, 0.1) is 11.1 Å². The number of anilines is 1. The predicted molar refractivity (Wildman–Crippen MR) is 97.4 cm³/mol. The maximum atomic E-state index is 12.5. The van der Waals surface area contributed by atoms with E-state index in [2.05, 4.69) is 10.0 Å². The Balaban J connectivity index is 1.71. The zero-order valence-corrected chi connectivity index (χ0v) is 15.8. The summed E-state index contributed by atoms with van der Waals surface area (Å²) < 4.78 is 37.6. The number of rotatable bonds is 5. The summed E-state index contributed by atoms with van der Waals surface area (Å²) in [6.07, 6.45) is 0. The van der Waals surface area contributed by atoms with Gasteiger partial charge in [-0.3, -0.25) is 4.79 Å². The van der Waals surface area contributed by atoms with Gasteiger partial charge < -0.3 is 14.8 Å². The second-order valence-electron chi connectivity index (χ2n) is 5.48. The number of carbonyl (C=O) groups excluding carboxylic acids is 1. The molecule has 0 spiro atoms. The first-order chi connectivity index (χ1) is 12.3. The third kappa shape index (κ3) is 4.04. The molecule has 1 aliphatic rings. The van der Waals surface area contributed by atoms with Crippen LogP contribution in [-0.2, 0) is 14.8 Å². The maximum absolute atomic E-state index is 12.5. The fraction of sp³-hybridized carbons (Fsp3) is 0.188. The molecule has 26 heavy (non-hydrogen) atoms. The molecule has 10 heteroatoms. The Morgan fingerprint density at radius 3 is 2.62 bits per heavy atom. The topological polar surface area (TPSA) is 93.7 Å². The van der Waals surface area contributed by atoms with Crippen molar-refractivity contribution in [2.24, 2.45) is 0 Å². The molecule has 0 saturated carbocycles. The van der Waals surface area contributed by atoms with Crippen molar-refractivity contribution in [1.82, 2.24) is 4.72 Å². The van der Waals surface area contributed by atoms with E-state index in [1.807, 2.05) is 0 Å². The smallest absolute Gasteiger partial charge is 0.242 e. The van der Waals surface area contributed by atoms with Crippen LogP contribution in [0.1, 0.15) is 6.92 Å². The SMILES string of the molecule is C[C@@H](NS(=O)(=O)c1cc(Cl)ccc1Cl)C(=O)Nc1ccc2c(c1)OCO2. The van der Waals surface area contributed by atoms with Crippen molar-refractivity contribution in [3.05, 3.63) is 46.4 Å². The minimum Gasteiger partial charge on any atom is -0.454 e. The molecule has 0 bridgehead atoms. The van der Waals surface area contributed by atoms with Crippen LogP contribution in [0.25, 0.3) is 0 Å². The highest BCUT2D eigenvalue weighted by molar-refractivity contribution is 7.89. The lowest BCUT2D eigenvalue weighted by atomic mass is 10.2. The summed E-state index contributed by atoms with van der Waals surface area (Å²) in [6.45, 7) is 1.53. The summed E-state index contributed by atoms with van der Waals surface area (Å²) in [5.74, 6) is 0.527. The van der Waals surface area contributed by atoms with Crippen LogP contribution in [0.4, 0.5) is 5.69 Å². The first-order valence-corrected chi connectivity index (χ1v) is 9.68. The number of hydrogen-bond donors (Lipinski definition) is 2. The molecule has 1 heterocycles. The van der Waals surface area contributed by atoms with E-state index in [1.165, 1.54) is 25.1 Å². The van der Waals surface area contributed by atoms with E-state index in [0.717, 1.165) is 0 Å².